The van der Waals surface area contributed by atoms with Gasteiger partial charge in [0.05, 0.1) is 5.92 Å². The second-order valence-corrected chi connectivity index (χ2v) is 4.98. The zero-order chi connectivity index (χ0) is 13.0. The van der Waals surface area contributed by atoms with E-state index in [0.29, 0.717) is 0 Å². The van der Waals surface area contributed by atoms with Crippen molar-refractivity contribution in [2.24, 2.45) is 5.92 Å². The predicted octanol–water partition coefficient (Wildman–Crippen LogP) is 1.69. The maximum Gasteiger partial charge on any atom is 0.228 e. The van der Waals surface area contributed by atoms with Crippen molar-refractivity contribution < 1.29 is 4.79 Å². The molecule has 1 saturated heterocycles. The summed E-state index contributed by atoms with van der Waals surface area (Å²) in [5.74, 6) is 0.222. The Morgan fingerprint density at radius 1 is 1.44 bits per heavy atom. The summed E-state index contributed by atoms with van der Waals surface area (Å²) in [6, 6.07) is 7.91. The first kappa shape index (κ1) is 12.9. The minimum Gasteiger partial charge on any atom is -0.378 e. The standard InChI is InChI=1S/C14H21N3O/c1-17(2)13-7-3-6-12(9-13)16-14(18)11-5-4-8-15-10-11/h3,6-7,9,11,15H,4-5,8,10H2,1-2H3,(H,16,18)/t11-/m0/s1. The van der Waals surface area contributed by atoms with Gasteiger partial charge < -0.3 is 15.5 Å². The number of carbonyl (C=O) groups is 1. The fourth-order valence-corrected chi connectivity index (χ4v) is 2.18. The zero-order valence-electron chi connectivity index (χ0n) is 11.1. The number of anilines is 2. The highest BCUT2D eigenvalue weighted by molar-refractivity contribution is 5.93. The third-order valence-corrected chi connectivity index (χ3v) is 3.30. The molecule has 1 fully saturated rings. The van der Waals surface area contributed by atoms with E-state index in [0.717, 1.165) is 37.3 Å². The molecule has 1 aromatic carbocycles. The van der Waals surface area contributed by atoms with Gasteiger partial charge in [-0.25, -0.2) is 0 Å². The molecule has 0 spiro atoms. The van der Waals surface area contributed by atoms with E-state index in [2.05, 4.69) is 10.6 Å². The molecular weight excluding hydrogens is 226 g/mol. The van der Waals surface area contributed by atoms with Crippen LogP contribution in [0.1, 0.15) is 12.8 Å². The van der Waals surface area contributed by atoms with Gasteiger partial charge in [0.2, 0.25) is 5.91 Å². The summed E-state index contributed by atoms with van der Waals surface area (Å²) in [6.45, 7) is 1.82. The number of rotatable bonds is 3. The van der Waals surface area contributed by atoms with E-state index in [-0.39, 0.29) is 11.8 Å². The molecule has 1 aromatic rings. The summed E-state index contributed by atoms with van der Waals surface area (Å²) in [4.78, 5) is 14.1. The Kier molecular flexibility index (Phi) is 4.20. The summed E-state index contributed by atoms with van der Waals surface area (Å²) < 4.78 is 0. The Morgan fingerprint density at radius 3 is 2.94 bits per heavy atom. The summed E-state index contributed by atoms with van der Waals surface area (Å²) in [5.41, 5.74) is 1.96. The molecule has 1 aliphatic heterocycles. The van der Waals surface area contributed by atoms with Gasteiger partial charge in [-0.3, -0.25) is 4.79 Å². The molecule has 0 radical (unpaired) electrons. The molecule has 0 unspecified atom stereocenters. The molecule has 2 rings (SSSR count). The lowest BCUT2D eigenvalue weighted by Gasteiger charge is -2.22. The first-order chi connectivity index (χ1) is 8.66. The van der Waals surface area contributed by atoms with Crippen LogP contribution in [0.2, 0.25) is 0 Å². The summed E-state index contributed by atoms with van der Waals surface area (Å²) in [7, 11) is 3.98. The van der Waals surface area contributed by atoms with Crippen LogP contribution in [0.5, 0.6) is 0 Å². The molecule has 0 aromatic heterocycles. The average Bonchev–Trinajstić information content (AvgIpc) is 2.40. The molecule has 1 aliphatic rings. The molecular formula is C14H21N3O. The first-order valence-corrected chi connectivity index (χ1v) is 6.46. The zero-order valence-corrected chi connectivity index (χ0v) is 11.1. The summed E-state index contributed by atoms with van der Waals surface area (Å²) in [5, 5.41) is 6.26. The molecule has 4 heteroatoms. The number of hydrogen-bond acceptors (Lipinski definition) is 3. The van der Waals surface area contributed by atoms with E-state index in [1.54, 1.807) is 0 Å². The molecule has 0 aliphatic carbocycles. The Morgan fingerprint density at radius 2 is 2.28 bits per heavy atom. The lowest BCUT2D eigenvalue weighted by atomic mass is 9.99. The van der Waals surface area contributed by atoms with Crippen LogP contribution in [0, 0.1) is 5.92 Å². The molecule has 1 amide bonds. The Bertz CT molecular complexity index is 411. The molecule has 2 N–H and O–H groups in total. The van der Waals surface area contributed by atoms with Crippen LogP contribution >= 0.6 is 0 Å². The third kappa shape index (κ3) is 3.23. The lowest BCUT2D eigenvalue weighted by molar-refractivity contribution is -0.120. The van der Waals surface area contributed by atoms with Crippen molar-refractivity contribution in [1.82, 2.24) is 5.32 Å². The highest BCUT2D eigenvalue weighted by atomic mass is 16.1. The minimum atomic E-state index is 0.0989. The van der Waals surface area contributed by atoms with Gasteiger partial charge in [0.25, 0.3) is 0 Å². The van der Waals surface area contributed by atoms with Crippen LogP contribution in [0.4, 0.5) is 11.4 Å². The van der Waals surface area contributed by atoms with Crippen LogP contribution in [-0.4, -0.2) is 33.1 Å². The Balaban J connectivity index is 1.99. The molecule has 18 heavy (non-hydrogen) atoms. The molecule has 4 nitrogen and oxygen atoms in total. The molecule has 1 heterocycles. The van der Waals surface area contributed by atoms with Crippen molar-refractivity contribution >= 4 is 17.3 Å². The van der Waals surface area contributed by atoms with Crippen molar-refractivity contribution in [3.8, 4) is 0 Å². The fraction of sp³-hybridized carbons (Fsp3) is 0.500. The van der Waals surface area contributed by atoms with E-state index in [4.69, 9.17) is 0 Å². The van der Waals surface area contributed by atoms with Crippen LogP contribution in [0.3, 0.4) is 0 Å². The van der Waals surface area contributed by atoms with Gasteiger partial charge >= 0.3 is 0 Å². The normalized spacial score (nSPS) is 19.3. The topological polar surface area (TPSA) is 44.4 Å². The SMILES string of the molecule is CN(C)c1cccc(NC(=O)[C@H]2CCCNC2)c1. The maximum absolute atomic E-state index is 12.1. The first-order valence-electron chi connectivity index (χ1n) is 6.46. The highest BCUT2D eigenvalue weighted by Gasteiger charge is 2.20. The number of nitrogens with one attached hydrogen (secondary N) is 2. The summed E-state index contributed by atoms with van der Waals surface area (Å²) >= 11 is 0. The smallest absolute Gasteiger partial charge is 0.228 e. The number of piperidine rings is 1. The van der Waals surface area contributed by atoms with E-state index in [9.17, 15) is 4.79 Å². The fourth-order valence-electron chi connectivity index (χ4n) is 2.18. The maximum atomic E-state index is 12.1. The van der Waals surface area contributed by atoms with Gasteiger partial charge in [-0.05, 0) is 37.6 Å². The van der Waals surface area contributed by atoms with Crippen LogP contribution < -0.4 is 15.5 Å². The second kappa shape index (κ2) is 5.87. The van der Waals surface area contributed by atoms with E-state index in [1.165, 1.54) is 0 Å². The van der Waals surface area contributed by atoms with Gasteiger partial charge in [0, 0.05) is 32.0 Å². The average molecular weight is 247 g/mol. The van der Waals surface area contributed by atoms with Gasteiger partial charge in [0.15, 0.2) is 0 Å². The molecule has 1 atom stereocenters. The minimum absolute atomic E-state index is 0.0989. The number of amides is 1. The third-order valence-electron chi connectivity index (χ3n) is 3.30. The highest BCUT2D eigenvalue weighted by Crippen LogP contribution is 2.19. The van der Waals surface area contributed by atoms with Crippen molar-refractivity contribution in [2.45, 2.75) is 12.8 Å². The van der Waals surface area contributed by atoms with Gasteiger partial charge in [-0.1, -0.05) is 6.07 Å². The Hall–Kier alpha value is -1.55. The van der Waals surface area contributed by atoms with Crippen molar-refractivity contribution in [3.63, 3.8) is 0 Å². The van der Waals surface area contributed by atoms with Crippen LogP contribution in [0.25, 0.3) is 0 Å². The van der Waals surface area contributed by atoms with E-state index < -0.39 is 0 Å². The Labute approximate surface area is 108 Å². The number of nitrogens with zero attached hydrogens (tertiary/aromatic N) is 1. The van der Waals surface area contributed by atoms with Gasteiger partial charge in [0.1, 0.15) is 0 Å². The second-order valence-electron chi connectivity index (χ2n) is 4.98. The molecule has 98 valence electrons. The quantitative estimate of drug-likeness (QED) is 0.854. The largest absolute Gasteiger partial charge is 0.378 e. The lowest BCUT2D eigenvalue weighted by Crippen LogP contribution is -2.37. The predicted molar refractivity (Wildman–Crippen MR) is 75.0 cm³/mol. The number of benzene rings is 1. The molecule has 0 saturated carbocycles. The summed E-state index contributed by atoms with van der Waals surface area (Å²) in [6.07, 6.45) is 2.06. The monoisotopic (exact) mass is 247 g/mol. The van der Waals surface area contributed by atoms with Crippen molar-refractivity contribution in [2.75, 3.05) is 37.4 Å². The van der Waals surface area contributed by atoms with Crippen molar-refractivity contribution in [1.29, 1.82) is 0 Å². The van der Waals surface area contributed by atoms with E-state index >= 15 is 0 Å². The number of hydrogen-bond donors (Lipinski definition) is 2. The van der Waals surface area contributed by atoms with Gasteiger partial charge in [-0.15, -0.1) is 0 Å². The van der Waals surface area contributed by atoms with E-state index in [1.807, 2.05) is 43.3 Å². The van der Waals surface area contributed by atoms with Gasteiger partial charge in [-0.2, -0.15) is 0 Å². The molecule has 0 bridgehead atoms. The van der Waals surface area contributed by atoms with Crippen LogP contribution in [-0.2, 0) is 4.79 Å². The van der Waals surface area contributed by atoms with Crippen LogP contribution in [0.15, 0.2) is 24.3 Å². The van der Waals surface area contributed by atoms with Crippen molar-refractivity contribution in [3.05, 3.63) is 24.3 Å². The number of carbonyl (C=O) groups excluding carboxylic acids is 1.